The van der Waals surface area contributed by atoms with Gasteiger partial charge in [-0.3, -0.25) is 4.79 Å². The van der Waals surface area contributed by atoms with Gasteiger partial charge in [0.25, 0.3) is 0 Å². The summed E-state index contributed by atoms with van der Waals surface area (Å²) in [6.45, 7) is 3.50. The number of amides is 1. The zero-order chi connectivity index (χ0) is 11.2. The molecule has 0 aromatic heterocycles. The van der Waals surface area contributed by atoms with Crippen molar-refractivity contribution < 1.29 is 14.3 Å². The van der Waals surface area contributed by atoms with Gasteiger partial charge in [-0.2, -0.15) is 0 Å². The maximum Gasteiger partial charge on any atom is 0.239 e. The smallest absolute Gasteiger partial charge is 0.239 e. The summed E-state index contributed by atoms with van der Waals surface area (Å²) in [5.74, 6) is 0.0617. The SMILES string of the molecule is Cl.O=C(NC1CCCOCC1)C1COCCN1. The zero-order valence-electron chi connectivity index (χ0n) is 9.94. The zero-order valence-corrected chi connectivity index (χ0v) is 10.8. The van der Waals surface area contributed by atoms with Gasteiger partial charge in [-0.25, -0.2) is 0 Å². The minimum absolute atomic E-state index is 0. The lowest BCUT2D eigenvalue weighted by molar-refractivity contribution is -0.126. The summed E-state index contributed by atoms with van der Waals surface area (Å²) in [6, 6.07) is 0.0802. The Labute approximate surface area is 108 Å². The largest absolute Gasteiger partial charge is 0.381 e. The van der Waals surface area contributed by atoms with E-state index in [1.807, 2.05) is 0 Å². The van der Waals surface area contributed by atoms with Crippen LogP contribution in [0.1, 0.15) is 19.3 Å². The van der Waals surface area contributed by atoms with E-state index >= 15 is 0 Å². The van der Waals surface area contributed by atoms with Gasteiger partial charge in [0.1, 0.15) is 6.04 Å². The molecule has 0 aromatic carbocycles. The molecule has 0 spiro atoms. The summed E-state index contributed by atoms with van der Waals surface area (Å²) in [6.07, 6.45) is 2.96. The summed E-state index contributed by atoms with van der Waals surface area (Å²) < 4.78 is 10.6. The number of morpholine rings is 1. The Morgan fingerprint density at radius 1 is 1.18 bits per heavy atom. The van der Waals surface area contributed by atoms with Crippen molar-refractivity contribution in [1.82, 2.24) is 10.6 Å². The maximum absolute atomic E-state index is 11.9. The van der Waals surface area contributed by atoms with E-state index < -0.39 is 0 Å². The van der Waals surface area contributed by atoms with Crippen molar-refractivity contribution in [2.24, 2.45) is 0 Å². The van der Waals surface area contributed by atoms with Crippen molar-refractivity contribution in [2.45, 2.75) is 31.3 Å². The lowest BCUT2D eigenvalue weighted by Gasteiger charge is -2.25. The molecule has 5 nitrogen and oxygen atoms in total. The Hall–Kier alpha value is -0.360. The summed E-state index contributed by atoms with van der Waals surface area (Å²) >= 11 is 0. The molecule has 0 radical (unpaired) electrons. The molecule has 17 heavy (non-hydrogen) atoms. The molecule has 6 heteroatoms. The van der Waals surface area contributed by atoms with Crippen LogP contribution in [0, 0.1) is 0 Å². The standard InChI is InChI=1S/C11H20N2O3.ClH/c14-11(10-8-16-7-4-12-10)13-9-2-1-5-15-6-3-9;/h9-10,12H,1-8H2,(H,13,14);1H. The fourth-order valence-electron chi connectivity index (χ4n) is 2.08. The monoisotopic (exact) mass is 264 g/mol. The molecule has 0 aromatic rings. The second-order valence-electron chi connectivity index (χ2n) is 4.33. The highest BCUT2D eigenvalue weighted by molar-refractivity contribution is 5.85. The highest BCUT2D eigenvalue weighted by atomic mass is 35.5. The lowest BCUT2D eigenvalue weighted by atomic mass is 10.1. The molecule has 2 saturated heterocycles. The number of ether oxygens (including phenoxy) is 2. The Kier molecular flexibility index (Phi) is 6.80. The molecule has 2 fully saturated rings. The Bertz CT molecular complexity index is 227. The minimum Gasteiger partial charge on any atom is -0.381 e. The van der Waals surface area contributed by atoms with Gasteiger partial charge in [-0.05, 0) is 19.3 Å². The number of carbonyl (C=O) groups excluding carboxylic acids is 1. The minimum atomic E-state index is -0.182. The number of hydrogen-bond acceptors (Lipinski definition) is 4. The van der Waals surface area contributed by atoms with Crippen molar-refractivity contribution in [3.8, 4) is 0 Å². The molecule has 0 bridgehead atoms. The van der Waals surface area contributed by atoms with Crippen LogP contribution in [-0.2, 0) is 14.3 Å². The first-order valence-corrected chi connectivity index (χ1v) is 6.05. The Balaban J connectivity index is 0.00000144. The summed E-state index contributed by atoms with van der Waals surface area (Å²) in [5, 5.41) is 6.22. The van der Waals surface area contributed by atoms with Crippen LogP contribution in [0.2, 0.25) is 0 Å². The third-order valence-electron chi connectivity index (χ3n) is 3.04. The van der Waals surface area contributed by atoms with E-state index in [1.54, 1.807) is 0 Å². The lowest BCUT2D eigenvalue weighted by Crippen LogP contribution is -2.53. The van der Waals surface area contributed by atoms with Gasteiger partial charge in [0.2, 0.25) is 5.91 Å². The van der Waals surface area contributed by atoms with E-state index in [4.69, 9.17) is 9.47 Å². The number of nitrogens with one attached hydrogen (secondary N) is 2. The predicted molar refractivity (Wildman–Crippen MR) is 66.5 cm³/mol. The fraction of sp³-hybridized carbons (Fsp3) is 0.909. The molecule has 2 rings (SSSR count). The van der Waals surface area contributed by atoms with Crippen molar-refractivity contribution >= 4 is 18.3 Å². The van der Waals surface area contributed by atoms with Crippen molar-refractivity contribution in [3.05, 3.63) is 0 Å². The van der Waals surface area contributed by atoms with Gasteiger partial charge in [-0.1, -0.05) is 0 Å². The maximum atomic E-state index is 11.9. The second-order valence-corrected chi connectivity index (χ2v) is 4.33. The molecule has 2 N–H and O–H groups in total. The molecule has 2 heterocycles. The van der Waals surface area contributed by atoms with Gasteiger partial charge >= 0.3 is 0 Å². The van der Waals surface area contributed by atoms with E-state index in [2.05, 4.69) is 10.6 Å². The molecule has 2 aliphatic heterocycles. The molecule has 1 amide bonds. The van der Waals surface area contributed by atoms with Gasteiger partial charge < -0.3 is 20.1 Å². The van der Waals surface area contributed by atoms with E-state index in [-0.39, 0.29) is 30.4 Å². The van der Waals surface area contributed by atoms with Crippen molar-refractivity contribution in [3.63, 3.8) is 0 Å². The predicted octanol–water partition coefficient (Wildman–Crippen LogP) is 0.0819. The summed E-state index contributed by atoms with van der Waals surface area (Å²) in [4.78, 5) is 11.9. The normalized spacial score (nSPS) is 29.9. The summed E-state index contributed by atoms with van der Waals surface area (Å²) in [7, 11) is 0. The third-order valence-corrected chi connectivity index (χ3v) is 3.04. The molecular weight excluding hydrogens is 244 g/mol. The number of rotatable bonds is 2. The van der Waals surface area contributed by atoms with Crippen LogP contribution in [0.4, 0.5) is 0 Å². The molecule has 2 unspecified atom stereocenters. The van der Waals surface area contributed by atoms with Gasteiger partial charge in [-0.15, -0.1) is 12.4 Å². The topological polar surface area (TPSA) is 59.6 Å². The Morgan fingerprint density at radius 3 is 2.82 bits per heavy atom. The van der Waals surface area contributed by atoms with Crippen LogP contribution in [-0.4, -0.2) is 51.0 Å². The quantitative estimate of drug-likeness (QED) is 0.742. The highest BCUT2D eigenvalue weighted by Crippen LogP contribution is 2.08. The second kappa shape index (κ2) is 7.87. The van der Waals surface area contributed by atoms with Crippen LogP contribution in [0.5, 0.6) is 0 Å². The van der Waals surface area contributed by atoms with Crippen LogP contribution in [0.3, 0.4) is 0 Å². The fourth-order valence-corrected chi connectivity index (χ4v) is 2.08. The average molecular weight is 265 g/mol. The first-order valence-electron chi connectivity index (χ1n) is 6.05. The van der Waals surface area contributed by atoms with Gasteiger partial charge in [0, 0.05) is 25.8 Å². The first-order chi connectivity index (χ1) is 7.86. The number of halogens is 1. The van der Waals surface area contributed by atoms with E-state index in [0.717, 1.165) is 39.0 Å². The molecule has 0 saturated carbocycles. The van der Waals surface area contributed by atoms with Crippen molar-refractivity contribution in [2.75, 3.05) is 33.0 Å². The van der Waals surface area contributed by atoms with Crippen LogP contribution >= 0.6 is 12.4 Å². The average Bonchev–Trinajstić information content (AvgIpc) is 2.59. The first kappa shape index (κ1) is 14.7. The Morgan fingerprint density at radius 2 is 2.06 bits per heavy atom. The van der Waals surface area contributed by atoms with E-state index in [0.29, 0.717) is 13.2 Å². The van der Waals surface area contributed by atoms with Crippen LogP contribution < -0.4 is 10.6 Å². The molecule has 2 aliphatic rings. The van der Waals surface area contributed by atoms with Crippen molar-refractivity contribution in [1.29, 1.82) is 0 Å². The molecule has 0 aliphatic carbocycles. The highest BCUT2D eigenvalue weighted by Gasteiger charge is 2.23. The van der Waals surface area contributed by atoms with Crippen LogP contribution in [0.25, 0.3) is 0 Å². The number of carbonyl (C=O) groups is 1. The van der Waals surface area contributed by atoms with Gasteiger partial charge in [0.15, 0.2) is 0 Å². The molecular formula is C11H21ClN2O3. The van der Waals surface area contributed by atoms with Crippen LogP contribution in [0.15, 0.2) is 0 Å². The molecule has 2 atom stereocenters. The van der Waals surface area contributed by atoms with E-state index in [9.17, 15) is 4.79 Å². The van der Waals surface area contributed by atoms with E-state index in [1.165, 1.54) is 0 Å². The molecule has 100 valence electrons. The van der Waals surface area contributed by atoms with Gasteiger partial charge in [0.05, 0.1) is 13.2 Å². The third kappa shape index (κ3) is 4.79. The summed E-state index contributed by atoms with van der Waals surface area (Å²) in [5.41, 5.74) is 0. The number of hydrogen-bond donors (Lipinski definition) is 2.